The van der Waals surface area contributed by atoms with E-state index in [2.05, 4.69) is 32.1 Å². The van der Waals surface area contributed by atoms with Crippen LogP contribution in [0.15, 0.2) is 23.8 Å². The number of ketones is 1. The first-order valence-corrected chi connectivity index (χ1v) is 5.44. The second-order valence-electron chi connectivity index (χ2n) is 4.62. The van der Waals surface area contributed by atoms with Crippen LogP contribution in [0.1, 0.15) is 34.1 Å². The summed E-state index contributed by atoms with van der Waals surface area (Å²) in [7, 11) is 0. The third-order valence-corrected chi connectivity index (χ3v) is 2.70. The van der Waals surface area contributed by atoms with Gasteiger partial charge in [0.05, 0.1) is 0 Å². The van der Waals surface area contributed by atoms with Gasteiger partial charge in [-0.25, -0.2) is 0 Å². The van der Waals surface area contributed by atoms with E-state index in [4.69, 9.17) is 0 Å². The van der Waals surface area contributed by atoms with Crippen LogP contribution in [-0.4, -0.2) is 5.78 Å². The maximum absolute atomic E-state index is 11.8. The van der Waals surface area contributed by atoms with Gasteiger partial charge in [0.2, 0.25) is 0 Å². The van der Waals surface area contributed by atoms with Gasteiger partial charge in [-0.15, -0.1) is 0 Å². The Bertz CT molecular complexity index is 269. The predicted molar refractivity (Wildman–Crippen MR) is 60.0 cm³/mol. The van der Waals surface area contributed by atoms with Crippen molar-refractivity contribution in [1.29, 1.82) is 0 Å². The Morgan fingerprint density at radius 1 is 1.36 bits per heavy atom. The zero-order valence-corrected chi connectivity index (χ0v) is 9.58. The van der Waals surface area contributed by atoms with Gasteiger partial charge in [0, 0.05) is 11.8 Å². The van der Waals surface area contributed by atoms with E-state index in [9.17, 15) is 4.79 Å². The summed E-state index contributed by atoms with van der Waals surface area (Å²) in [6.45, 7) is 8.28. The molecule has 1 nitrogen and oxygen atoms in total. The van der Waals surface area contributed by atoms with E-state index in [0.29, 0.717) is 11.7 Å². The van der Waals surface area contributed by atoms with Gasteiger partial charge in [0.25, 0.3) is 0 Å². The quantitative estimate of drug-likeness (QED) is 0.670. The van der Waals surface area contributed by atoms with Crippen molar-refractivity contribution in [3.8, 4) is 0 Å². The molecule has 0 saturated carbocycles. The van der Waals surface area contributed by atoms with Crippen LogP contribution in [0.5, 0.6) is 0 Å². The molecule has 78 valence electrons. The zero-order valence-electron chi connectivity index (χ0n) is 9.58. The summed E-state index contributed by atoms with van der Waals surface area (Å²) >= 11 is 0. The standard InChI is InChI=1S/C13H20O/c1-9(2)11-6-5-7-12(8-11)13(14)10(3)4/h5-6,8-10,12H,7H2,1-4H3. The van der Waals surface area contributed by atoms with E-state index in [0.717, 1.165) is 6.42 Å². The number of carbonyl (C=O) groups excluding carboxylic acids is 1. The Hall–Kier alpha value is -0.850. The molecular formula is C13H20O. The molecule has 0 fully saturated rings. The highest BCUT2D eigenvalue weighted by Gasteiger charge is 2.20. The van der Waals surface area contributed by atoms with Gasteiger partial charge >= 0.3 is 0 Å². The fourth-order valence-corrected chi connectivity index (χ4v) is 1.72. The first kappa shape index (κ1) is 11.2. The van der Waals surface area contributed by atoms with E-state index < -0.39 is 0 Å². The lowest BCUT2D eigenvalue weighted by atomic mass is 9.85. The molecule has 0 aromatic heterocycles. The molecule has 0 spiro atoms. The van der Waals surface area contributed by atoms with Crippen LogP contribution in [0.2, 0.25) is 0 Å². The maximum Gasteiger partial charge on any atom is 0.142 e. The molecule has 0 bridgehead atoms. The van der Waals surface area contributed by atoms with Gasteiger partial charge in [0.15, 0.2) is 0 Å². The molecule has 1 atom stereocenters. The third-order valence-electron chi connectivity index (χ3n) is 2.70. The molecular weight excluding hydrogens is 172 g/mol. The molecule has 0 amide bonds. The highest BCUT2D eigenvalue weighted by molar-refractivity contribution is 5.85. The van der Waals surface area contributed by atoms with Gasteiger partial charge in [-0.3, -0.25) is 4.79 Å². The number of hydrogen-bond donors (Lipinski definition) is 0. The highest BCUT2D eigenvalue weighted by atomic mass is 16.1. The minimum absolute atomic E-state index is 0.123. The second kappa shape index (κ2) is 4.59. The van der Waals surface area contributed by atoms with E-state index >= 15 is 0 Å². The van der Waals surface area contributed by atoms with Crippen LogP contribution < -0.4 is 0 Å². The van der Waals surface area contributed by atoms with Crippen LogP contribution in [0.25, 0.3) is 0 Å². The molecule has 0 saturated heterocycles. The van der Waals surface area contributed by atoms with E-state index in [1.165, 1.54) is 5.57 Å². The summed E-state index contributed by atoms with van der Waals surface area (Å²) in [6.07, 6.45) is 7.30. The van der Waals surface area contributed by atoms with E-state index in [-0.39, 0.29) is 11.8 Å². The van der Waals surface area contributed by atoms with Crippen LogP contribution in [-0.2, 0) is 4.79 Å². The minimum Gasteiger partial charge on any atom is -0.299 e. The largest absolute Gasteiger partial charge is 0.299 e. The number of rotatable bonds is 3. The Labute approximate surface area is 86.9 Å². The molecule has 0 aromatic carbocycles. The molecule has 1 aliphatic rings. The first-order valence-electron chi connectivity index (χ1n) is 5.44. The van der Waals surface area contributed by atoms with Crippen molar-refractivity contribution in [2.24, 2.45) is 17.8 Å². The van der Waals surface area contributed by atoms with Crippen molar-refractivity contribution >= 4 is 5.78 Å². The van der Waals surface area contributed by atoms with Gasteiger partial charge in [-0.05, 0) is 17.9 Å². The van der Waals surface area contributed by atoms with Crippen molar-refractivity contribution in [1.82, 2.24) is 0 Å². The summed E-state index contributed by atoms with van der Waals surface area (Å²) in [4.78, 5) is 11.8. The fourth-order valence-electron chi connectivity index (χ4n) is 1.72. The lowest BCUT2D eigenvalue weighted by Gasteiger charge is -2.19. The van der Waals surface area contributed by atoms with Gasteiger partial charge in [-0.2, -0.15) is 0 Å². The molecule has 0 radical (unpaired) electrons. The Balaban J connectivity index is 2.75. The molecule has 1 heteroatoms. The number of hydrogen-bond acceptors (Lipinski definition) is 1. The molecule has 0 heterocycles. The maximum atomic E-state index is 11.8. The van der Waals surface area contributed by atoms with Gasteiger partial charge in [0.1, 0.15) is 5.78 Å². The Morgan fingerprint density at radius 2 is 2.00 bits per heavy atom. The third kappa shape index (κ3) is 2.57. The normalized spacial score (nSPS) is 21.6. The number of carbonyl (C=O) groups is 1. The molecule has 0 aromatic rings. The molecule has 1 rings (SSSR count). The lowest BCUT2D eigenvalue weighted by molar-refractivity contribution is -0.124. The summed E-state index contributed by atoms with van der Waals surface area (Å²) in [5.41, 5.74) is 1.30. The molecule has 0 aliphatic heterocycles. The van der Waals surface area contributed by atoms with Crippen LogP contribution in [0.4, 0.5) is 0 Å². The Kier molecular flexibility index (Phi) is 3.68. The number of Topliss-reactive ketones (excluding diaryl/α,β-unsaturated/α-hetero) is 1. The molecule has 1 aliphatic carbocycles. The van der Waals surface area contributed by atoms with Crippen molar-refractivity contribution < 1.29 is 4.79 Å². The van der Waals surface area contributed by atoms with E-state index in [1.54, 1.807) is 0 Å². The van der Waals surface area contributed by atoms with Crippen molar-refractivity contribution in [2.45, 2.75) is 34.1 Å². The van der Waals surface area contributed by atoms with Gasteiger partial charge in [-0.1, -0.05) is 45.9 Å². The summed E-state index contributed by atoms with van der Waals surface area (Å²) in [6, 6.07) is 0. The van der Waals surface area contributed by atoms with Crippen molar-refractivity contribution in [2.75, 3.05) is 0 Å². The average molecular weight is 192 g/mol. The SMILES string of the molecule is CC(C)C(=O)C1C=C(C(C)C)C=CC1. The van der Waals surface area contributed by atoms with Gasteiger partial charge < -0.3 is 0 Å². The van der Waals surface area contributed by atoms with E-state index in [1.807, 2.05) is 13.8 Å². The Morgan fingerprint density at radius 3 is 2.50 bits per heavy atom. The molecule has 14 heavy (non-hydrogen) atoms. The van der Waals surface area contributed by atoms with Crippen molar-refractivity contribution in [3.05, 3.63) is 23.8 Å². The molecule has 1 unspecified atom stereocenters. The summed E-state index contributed by atoms with van der Waals surface area (Å²) in [5.74, 6) is 1.16. The highest BCUT2D eigenvalue weighted by Crippen LogP contribution is 2.24. The topological polar surface area (TPSA) is 17.1 Å². The zero-order chi connectivity index (χ0) is 10.7. The summed E-state index contributed by atoms with van der Waals surface area (Å²) in [5, 5.41) is 0. The lowest BCUT2D eigenvalue weighted by Crippen LogP contribution is -2.19. The van der Waals surface area contributed by atoms with Crippen LogP contribution in [0.3, 0.4) is 0 Å². The van der Waals surface area contributed by atoms with Crippen molar-refractivity contribution in [3.63, 3.8) is 0 Å². The fraction of sp³-hybridized carbons (Fsp3) is 0.615. The van der Waals surface area contributed by atoms with Crippen LogP contribution in [0, 0.1) is 17.8 Å². The van der Waals surface area contributed by atoms with Crippen LogP contribution >= 0.6 is 0 Å². The average Bonchev–Trinajstić information content (AvgIpc) is 2.16. The first-order chi connectivity index (χ1) is 6.52. The second-order valence-corrected chi connectivity index (χ2v) is 4.62. The minimum atomic E-state index is 0.123. The molecule has 0 N–H and O–H groups in total. The number of allylic oxidation sites excluding steroid dienone is 4. The summed E-state index contributed by atoms with van der Waals surface area (Å²) < 4.78 is 0. The predicted octanol–water partition coefficient (Wildman–Crippen LogP) is 3.37. The monoisotopic (exact) mass is 192 g/mol. The smallest absolute Gasteiger partial charge is 0.142 e.